The molecule has 0 bridgehead atoms. The minimum absolute atomic E-state index is 0. The van der Waals surface area contributed by atoms with E-state index in [1.807, 2.05) is 43.5 Å². The zero-order valence-electron chi connectivity index (χ0n) is 17.6. The van der Waals surface area contributed by atoms with Crippen LogP contribution in [-0.4, -0.2) is 49.3 Å². The monoisotopic (exact) mass is 446 g/mol. The van der Waals surface area contributed by atoms with Gasteiger partial charge in [0.15, 0.2) is 0 Å². The molecule has 2 amide bonds. The van der Waals surface area contributed by atoms with Crippen LogP contribution in [0.2, 0.25) is 0 Å². The number of hydrogen-bond acceptors (Lipinski definition) is 6. The molecule has 0 unspecified atom stereocenters. The van der Waals surface area contributed by atoms with Crippen molar-refractivity contribution in [3.05, 3.63) is 42.1 Å². The van der Waals surface area contributed by atoms with Gasteiger partial charge in [0, 0.05) is 49.8 Å². The molecule has 2 aliphatic heterocycles. The number of carbonyl (C=O) groups excluding carboxylic acids is 2. The van der Waals surface area contributed by atoms with Gasteiger partial charge in [-0.1, -0.05) is 6.07 Å². The molecule has 31 heavy (non-hydrogen) atoms. The number of benzene rings is 1. The molecular formula is C22H27ClN4O4. The van der Waals surface area contributed by atoms with Crippen LogP contribution in [-0.2, 0) is 14.3 Å². The molecule has 1 aromatic heterocycles. The van der Waals surface area contributed by atoms with Crippen molar-refractivity contribution in [2.24, 2.45) is 5.73 Å². The van der Waals surface area contributed by atoms with Crippen molar-refractivity contribution < 1.29 is 19.1 Å². The number of pyridine rings is 1. The summed E-state index contributed by atoms with van der Waals surface area (Å²) in [5, 5.41) is 0. The minimum Gasteiger partial charge on any atom is -0.441 e. The number of anilines is 2. The molecule has 8 nitrogen and oxygen atoms in total. The molecule has 2 atom stereocenters. The second-order valence-electron chi connectivity index (χ2n) is 7.68. The lowest BCUT2D eigenvalue weighted by Crippen LogP contribution is -2.43. The number of carbonyl (C=O) groups is 2. The standard InChI is InChI=1S/C22H26N4O4.ClH/c1-14-11-20(30-22(23)28)18-12-16(3-5-19(18)26(14)15(2)27)17-4-6-21(24-13-17)25-7-9-29-10-8-25;/h3-6,12-14,20H,7-11H2,1-2H3,(H2,23,28);1H/t14-,20+;/m0./s1. The summed E-state index contributed by atoms with van der Waals surface area (Å²) >= 11 is 0. The maximum absolute atomic E-state index is 12.2. The largest absolute Gasteiger partial charge is 0.441 e. The maximum atomic E-state index is 12.2. The zero-order chi connectivity index (χ0) is 21.3. The Bertz CT molecular complexity index is 947. The van der Waals surface area contributed by atoms with Crippen LogP contribution in [0.1, 0.15) is 31.9 Å². The summed E-state index contributed by atoms with van der Waals surface area (Å²) in [6.07, 6.45) is 1.01. The highest BCUT2D eigenvalue weighted by molar-refractivity contribution is 5.94. The van der Waals surface area contributed by atoms with Crippen molar-refractivity contribution in [1.82, 2.24) is 4.98 Å². The van der Waals surface area contributed by atoms with Crippen LogP contribution in [0.4, 0.5) is 16.3 Å². The molecule has 0 saturated carbocycles. The Labute approximate surface area is 187 Å². The predicted octanol–water partition coefficient (Wildman–Crippen LogP) is 3.29. The van der Waals surface area contributed by atoms with E-state index < -0.39 is 12.2 Å². The molecule has 2 aliphatic rings. The molecular weight excluding hydrogens is 420 g/mol. The Morgan fingerprint density at radius 1 is 1.16 bits per heavy atom. The molecule has 1 aromatic carbocycles. The van der Waals surface area contributed by atoms with Crippen LogP contribution in [0, 0.1) is 0 Å². The van der Waals surface area contributed by atoms with Gasteiger partial charge < -0.3 is 25.0 Å². The summed E-state index contributed by atoms with van der Waals surface area (Å²) in [6, 6.07) is 9.74. The van der Waals surface area contributed by atoms with Crippen LogP contribution >= 0.6 is 12.4 Å². The van der Waals surface area contributed by atoms with Crippen molar-refractivity contribution in [1.29, 1.82) is 0 Å². The summed E-state index contributed by atoms with van der Waals surface area (Å²) in [6.45, 7) is 6.55. The first-order valence-corrected chi connectivity index (χ1v) is 10.1. The predicted molar refractivity (Wildman–Crippen MR) is 121 cm³/mol. The molecule has 0 aliphatic carbocycles. The highest BCUT2D eigenvalue weighted by Gasteiger charge is 2.34. The van der Waals surface area contributed by atoms with Gasteiger partial charge in [-0.2, -0.15) is 0 Å². The third-order valence-corrected chi connectivity index (χ3v) is 5.64. The summed E-state index contributed by atoms with van der Waals surface area (Å²) in [5.74, 6) is 0.872. The molecule has 1 fully saturated rings. The SMILES string of the molecule is CC(=O)N1c2ccc(-c3ccc(N4CCOCC4)nc3)cc2[C@H](OC(N)=O)C[C@@H]1C.Cl. The Kier molecular flexibility index (Phi) is 7.02. The number of morpholine rings is 1. The Morgan fingerprint density at radius 2 is 1.87 bits per heavy atom. The maximum Gasteiger partial charge on any atom is 0.405 e. The van der Waals surface area contributed by atoms with E-state index in [-0.39, 0.29) is 24.4 Å². The Morgan fingerprint density at radius 3 is 2.48 bits per heavy atom. The Hall–Kier alpha value is -2.84. The normalized spacial score (nSPS) is 20.5. The van der Waals surface area contributed by atoms with Gasteiger partial charge in [0.25, 0.3) is 0 Å². The van der Waals surface area contributed by atoms with E-state index in [9.17, 15) is 9.59 Å². The molecule has 0 spiro atoms. The second kappa shape index (κ2) is 9.53. The summed E-state index contributed by atoms with van der Waals surface area (Å²) in [5.41, 5.74) is 8.69. The van der Waals surface area contributed by atoms with Gasteiger partial charge in [-0.15, -0.1) is 12.4 Å². The fourth-order valence-corrected chi connectivity index (χ4v) is 4.26. The van der Waals surface area contributed by atoms with Gasteiger partial charge in [0.1, 0.15) is 11.9 Å². The van der Waals surface area contributed by atoms with E-state index >= 15 is 0 Å². The number of fused-ring (bicyclic) bond motifs is 1. The summed E-state index contributed by atoms with van der Waals surface area (Å²) in [7, 11) is 0. The number of amides is 2. The van der Waals surface area contributed by atoms with E-state index in [1.54, 1.807) is 4.90 Å². The van der Waals surface area contributed by atoms with Gasteiger partial charge in [0.05, 0.1) is 18.9 Å². The summed E-state index contributed by atoms with van der Waals surface area (Å²) < 4.78 is 10.8. The smallest absolute Gasteiger partial charge is 0.405 e. The number of ether oxygens (including phenoxy) is 2. The van der Waals surface area contributed by atoms with Gasteiger partial charge in [0.2, 0.25) is 5.91 Å². The van der Waals surface area contributed by atoms with Crippen LogP contribution in [0.15, 0.2) is 36.5 Å². The number of halogens is 1. The fraction of sp³-hybridized carbons (Fsp3) is 0.409. The molecule has 1 saturated heterocycles. The first-order chi connectivity index (χ1) is 14.4. The number of hydrogen-bond donors (Lipinski definition) is 1. The van der Waals surface area contributed by atoms with Crippen molar-refractivity contribution in [3.8, 4) is 11.1 Å². The van der Waals surface area contributed by atoms with Crippen LogP contribution in [0.3, 0.4) is 0 Å². The first kappa shape index (κ1) is 22.8. The van der Waals surface area contributed by atoms with Crippen molar-refractivity contribution in [2.75, 3.05) is 36.1 Å². The van der Waals surface area contributed by atoms with Crippen molar-refractivity contribution >= 4 is 35.9 Å². The number of aromatic nitrogens is 1. The Balaban J connectivity index is 0.00000272. The lowest BCUT2D eigenvalue weighted by Gasteiger charge is -2.38. The van der Waals surface area contributed by atoms with E-state index in [1.165, 1.54) is 6.92 Å². The number of rotatable bonds is 3. The second-order valence-corrected chi connectivity index (χ2v) is 7.68. The van der Waals surface area contributed by atoms with Crippen LogP contribution in [0.5, 0.6) is 0 Å². The third kappa shape index (κ3) is 4.75. The molecule has 0 radical (unpaired) electrons. The average molecular weight is 447 g/mol. The average Bonchev–Trinajstić information content (AvgIpc) is 2.73. The van der Waals surface area contributed by atoms with E-state index in [0.29, 0.717) is 19.6 Å². The molecule has 2 aromatic rings. The van der Waals surface area contributed by atoms with E-state index in [2.05, 4.69) is 9.88 Å². The molecule has 2 N–H and O–H groups in total. The highest BCUT2D eigenvalue weighted by atomic mass is 35.5. The summed E-state index contributed by atoms with van der Waals surface area (Å²) in [4.78, 5) is 32.2. The van der Waals surface area contributed by atoms with Gasteiger partial charge in [-0.3, -0.25) is 4.79 Å². The van der Waals surface area contributed by atoms with E-state index in [0.717, 1.165) is 41.3 Å². The van der Waals surface area contributed by atoms with E-state index in [4.69, 9.17) is 15.2 Å². The van der Waals surface area contributed by atoms with Gasteiger partial charge in [-0.05, 0) is 36.8 Å². The first-order valence-electron chi connectivity index (χ1n) is 10.1. The lowest BCUT2D eigenvalue weighted by atomic mass is 9.91. The van der Waals surface area contributed by atoms with Crippen LogP contribution in [0.25, 0.3) is 11.1 Å². The lowest BCUT2D eigenvalue weighted by molar-refractivity contribution is -0.117. The number of primary amides is 1. The third-order valence-electron chi connectivity index (χ3n) is 5.64. The minimum atomic E-state index is -0.823. The molecule has 4 rings (SSSR count). The molecule has 9 heteroatoms. The topological polar surface area (TPSA) is 98.0 Å². The number of nitrogens with two attached hydrogens (primary N) is 1. The quantitative estimate of drug-likeness (QED) is 0.776. The molecule has 3 heterocycles. The van der Waals surface area contributed by atoms with Crippen molar-refractivity contribution in [3.63, 3.8) is 0 Å². The zero-order valence-corrected chi connectivity index (χ0v) is 18.4. The molecule has 166 valence electrons. The van der Waals surface area contributed by atoms with Gasteiger partial charge in [-0.25, -0.2) is 9.78 Å². The fourth-order valence-electron chi connectivity index (χ4n) is 4.26. The highest BCUT2D eigenvalue weighted by Crippen LogP contribution is 2.41. The van der Waals surface area contributed by atoms with Crippen LogP contribution < -0.4 is 15.5 Å². The van der Waals surface area contributed by atoms with Crippen molar-refractivity contribution in [2.45, 2.75) is 32.4 Å². The number of nitrogens with zero attached hydrogens (tertiary/aromatic N) is 3. The van der Waals surface area contributed by atoms with Gasteiger partial charge >= 0.3 is 6.09 Å².